The quantitative estimate of drug-likeness (QED) is 0.679. The number of nitrogens with one attached hydrogen (secondary N) is 1. The molecule has 2 heterocycles. The Bertz CT molecular complexity index is 386. The molecule has 0 radical (unpaired) electrons. The Morgan fingerprint density at radius 1 is 1.44 bits per heavy atom. The summed E-state index contributed by atoms with van der Waals surface area (Å²) in [6, 6.07) is 1.74. The lowest BCUT2D eigenvalue weighted by Gasteiger charge is -2.20. The molecule has 0 aliphatic carbocycles. The summed E-state index contributed by atoms with van der Waals surface area (Å²) in [6.45, 7) is 3.87. The molecule has 16 heavy (non-hydrogen) atoms. The first-order chi connectivity index (χ1) is 7.65. The third kappa shape index (κ3) is 2.39. The lowest BCUT2D eigenvalue weighted by molar-refractivity contribution is -0.120. The van der Waals surface area contributed by atoms with Gasteiger partial charge in [-0.15, -0.1) is 0 Å². The van der Waals surface area contributed by atoms with E-state index in [1.54, 1.807) is 13.0 Å². The Labute approximate surface area is 93.9 Å². The number of carbonyl (C=O) groups is 1. The number of carbonyl (C=O) groups excluding carboxylic acids is 1. The van der Waals surface area contributed by atoms with Crippen molar-refractivity contribution in [2.24, 2.45) is 0 Å². The van der Waals surface area contributed by atoms with Crippen LogP contribution in [0.4, 0.5) is 11.6 Å². The second-order valence-electron chi connectivity index (χ2n) is 3.79. The second kappa shape index (κ2) is 4.34. The van der Waals surface area contributed by atoms with Crippen molar-refractivity contribution in [3.05, 3.63) is 11.9 Å². The second-order valence-corrected chi connectivity index (χ2v) is 3.79. The minimum absolute atomic E-state index is 0.0845. The van der Waals surface area contributed by atoms with Crippen molar-refractivity contribution in [2.75, 3.05) is 30.3 Å². The number of aromatic nitrogens is 2. The van der Waals surface area contributed by atoms with E-state index in [-0.39, 0.29) is 5.91 Å². The van der Waals surface area contributed by atoms with E-state index in [4.69, 9.17) is 5.73 Å². The molecule has 0 atom stereocenters. The van der Waals surface area contributed by atoms with Gasteiger partial charge in [-0.1, -0.05) is 0 Å². The van der Waals surface area contributed by atoms with Gasteiger partial charge in [0, 0.05) is 32.1 Å². The number of nitrogen functional groups attached to an aromatic ring is 1. The number of rotatable bonds is 1. The van der Waals surface area contributed by atoms with E-state index in [9.17, 15) is 4.79 Å². The van der Waals surface area contributed by atoms with Gasteiger partial charge in [-0.05, 0) is 6.92 Å². The molecule has 0 aromatic carbocycles. The van der Waals surface area contributed by atoms with Crippen molar-refractivity contribution in [3.8, 4) is 0 Å². The van der Waals surface area contributed by atoms with E-state index in [0.29, 0.717) is 31.2 Å². The summed E-state index contributed by atoms with van der Waals surface area (Å²) in [7, 11) is 0. The Kier molecular flexibility index (Phi) is 2.89. The molecule has 0 saturated carbocycles. The molecule has 6 heteroatoms. The lowest BCUT2D eigenvalue weighted by Crippen LogP contribution is -2.29. The van der Waals surface area contributed by atoms with Crippen LogP contribution in [-0.2, 0) is 4.79 Å². The zero-order valence-electron chi connectivity index (χ0n) is 9.23. The van der Waals surface area contributed by atoms with Gasteiger partial charge in [0.2, 0.25) is 5.91 Å². The molecular formula is C10H15N5O. The van der Waals surface area contributed by atoms with Gasteiger partial charge in [-0.3, -0.25) is 4.79 Å². The van der Waals surface area contributed by atoms with E-state index in [1.165, 1.54) is 0 Å². The van der Waals surface area contributed by atoms with Gasteiger partial charge in [0.05, 0.1) is 0 Å². The summed E-state index contributed by atoms with van der Waals surface area (Å²) in [6.07, 6.45) is 0.489. The normalized spacial score (nSPS) is 16.8. The van der Waals surface area contributed by atoms with Gasteiger partial charge < -0.3 is 16.0 Å². The van der Waals surface area contributed by atoms with Crippen LogP contribution in [0.25, 0.3) is 0 Å². The number of nitrogens with two attached hydrogens (primary N) is 1. The summed E-state index contributed by atoms with van der Waals surface area (Å²) in [5.41, 5.74) is 5.67. The summed E-state index contributed by atoms with van der Waals surface area (Å²) in [5, 5.41) is 2.82. The third-order valence-corrected chi connectivity index (χ3v) is 2.48. The topological polar surface area (TPSA) is 84.1 Å². The van der Waals surface area contributed by atoms with Gasteiger partial charge in [-0.2, -0.15) is 0 Å². The molecule has 1 aromatic rings. The zero-order chi connectivity index (χ0) is 11.5. The van der Waals surface area contributed by atoms with Crippen LogP contribution in [0.5, 0.6) is 0 Å². The molecule has 3 N–H and O–H groups in total. The Balaban J connectivity index is 2.19. The third-order valence-electron chi connectivity index (χ3n) is 2.48. The summed E-state index contributed by atoms with van der Waals surface area (Å²) in [4.78, 5) is 21.6. The van der Waals surface area contributed by atoms with Crippen LogP contribution in [-0.4, -0.2) is 35.5 Å². The monoisotopic (exact) mass is 221 g/mol. The highest BCUT2D eigenvalue weighted by Gasteiger charge is 2.15. The molecule has 1 fully saturated rings. The maximum Gasteiger partial charge on any atom is 0.221 e. The van der Waals surface area contributed by atoms with Crippen molar-refractivity contribution in [1.82, 2.24) is 15.3 Å². The molecule has 0 bridgehead atoms. The molecule has 1 saturated heterocycles. The van der Waals surface area contributed by atoms with E-state index < -0.39 is 0 Å². The fourth-order valence-electron chi connectivity index (χ4n) is 1.73. The number of aryl methyl sites for hydroxylation is 1. The molecule has 1 aliphatic rings. The highest BCUT2D eigenvalue weighted by molar-refractivity contribution is 5.77. The standard InChI is InChI=1S/C10H15N5O/c1-7-13-8(11)6-9(14-7)15-4-2-10(16)12-3-5-15/h6H,2-5H2,1H3,(H,12,16)(H2,11,13,14). The largest absolute Gasteiger partial charge is 0.384 e. The molecule has 0 unspecified atom stereocenters. The molecule has 1 amide bonds. The number of anilines is 2. The van der Waals surface area contributed by atoms with Gasteiger partial charge in [0.15, 0.2) is 0 Å². The Hall–Kier alpha value is -1.85. The van der Waals surface area contributed by atoms with Crippen LogP contribution >= 0.6 is 0 Å². The molecule has 86 valence electrons. The van der Waals surface area contributed by atoms with E-state index in [0.717, 1.165) is 12.4 Å². The predicted octanol–water partition coefficient (Wildman–Crippen LogP) is -0.306. The van der Waals surface area contributed by atoms with Crippen molar-refractivity contribution in [1.29, 1.82) is 0 Å². The van der Waals surface area contributed by atoms with Crippen LogP contribution in [0, 0.1) is 6.92 Å². The maximum absolute atomic E-state index is 11.2. The van der Waals surface area contributed by atoms with Crippen molar-refractivity contribution < 1.29 is 4.79 Å². The smallest absolute Gasteiger partial charge is 0.221 e. The van der Waals surface area contributed by atoms with Gasteiger partial charge in [-0.25, -0.2) is 9.97 Å². The summed E-state index contributed by atoms with van der Waals surface area (Å²) in [5.74, 6) is 1.99. The number of hydrogen-bond donors (Lipinski definition) is 2. The molecular weight excluding hydrogens is 206 g/mol. The van der Waals surface area contributed by atoms with Crippen LogP contribution in [0.2, 0.25) is 0 Å². The van der Waals surface area contributed by atoms with Crippen molar-refractivity contribution in [3.63, 3.8) is 0 Å². The minimum Gasteiger partial charge on any atom is -0.384 e. The average molecular weight is 221 g/mol. The predicted molar refractivity (Wildman–Crippen MR) is 61.0 cm³/mol. The van der Waals surface area contributed by atoms with E-state index in [1.807, 2.05) is 4.90 Å². The zero-order valence-corrected chi connectivity index (χ0v) is 9.23. The van der Waals surface area contributed by atoms with Crippen molar-refractivity contribution >= 4 is 17.5 Å². The van der Waals surface area contributed by atoms with Crippen LogP contribution < -0.4 is 16.0 Å². The molecule has 6 nitrogen and oxygen atoms in total. The number of amides is 1. The average Bonchev–Trinajstić information content (AvgIpc) is 2.41. The van der Waals surface area contributed by atoms with Crippen LogP contribution in [0.1, 0.15) is 12.2 Å². The first-order valence-corrected chi connectivity index (χ1v) is 5.28. The van der Waals surface area contributed by atoms with Gasteiger partial charge >= 0.3 is 0 Å². The van der Waals surface area contributed by atoms with E-state index >= 15 is 0 Å². The van der Waals surface area contributed by atoms with Crippen LogP contribution in [0.15, 0.2) is 6.07 Å². The minimum atomic E-state index is 0.0845. The number of nitrogens with zero attached hydrogens (tertiary/aromatic N) is 3. The summed E-state index contributed by atoms with van der Waals surface area (Å²) >= 11 is 0. The maximum atomic E-state index is 11.2. The van der Waals surface area contributed by atoms with Gasteiger partial charge in [0.1, 0.15) is 17.5 Å². The molecule has 1 aromatic heterocycles. The SMILES string of the molecule is Cc1nc(N)cc(N2CCNC(=O)CC2)n1. The summed E-state index contributed by atoms with van der Waals surface area (Å²) < 4.78 is 0. The molecule has 1 aliphatic heterocycles. The van der Waals surface area contributed by atoms with Crippen LogP contribution in [0.3, 0.4) is 0 Å². The first-order valence-electron chi connectivity index (χ1n) is 5.28. The molecule has 0 spiro atoms. The fourth-order valence-corrected chi connectivity index (χ4v) is 1.73. The highest BCUT2D eigenvalue weighted by Crippen LogP contribution is 2.14. The van der Waals surface area contributed by atoms with Gasteiger partial charge in [0.25, 0.3) is 0 Å². The highest BCUT2D eigenvalue weighted by atomic mass is 16.1. The Morgan fingerprint density at radius 3 is 3.00 bits per heavy atom. The first kappa shape index (κ1) is 10.7. The molecule has 2 rings (SSSR count). The lowest BCUT2D eigenvalue weighted by atomic mass is 10.3. The van der Waals surface area contributed by atoms with E-state index in [2.05, 4.69) is 15.3 Å². The van der Waals surface area contributed by atoms with Crippen molar-refractivity contribution in [2.45, 2.75) is 13.3 Å². The Morgan fingerprint density at radius 2 is 2.25 bits per heavy atom. The fraction of sp³-hybridized carbons (Fsp3) is 0.500. The number of hydrogen-bond acceptors (Lipinski definition) is 5.